The van der Waals surface area contributed by atoms with Gasteiger partial charge in [0.1, 0.15) is 0 Å². The van der Waals surface area contributed by atoms with Crippen LogP contribution in [0.5, 0.6) is 0 Å². The summed E-state index contributed by atoms with van der Waals surface area (Å²) in [5.74, 6) is -3.04. The average Bonchev–Trinajstić information content (AvgIpc) is 2.43. The summed E-state index contributed by atoms with van der Waals surface area (Å²) in [6.45, 7) is 2.75. The van der Waals surface area contributed by atoms with Crippen molar-refractivity contribution < 1.29 is 24.6 Å². The molecule has 3 N–H and O–H groups in total. The lowest BCUT2D eigenvalue weighted by molar-refractivity contribution is -0.148. The van der Waals surface area contributed by atoms with Crippen molar-refractivity contribution in [3.63, 3.8) is 0 Å². The number of benzene rings is 1. The molecule has 0 heterocycles. The third-order valence-electron chi connectivity index (χ3n) is 3.07. The van der Waals surface area contributed by atoms with Crippen molar-refractivity contribution in [2.45, 2.75) is 26.4 Å². The third-order valence-corrected chi connectivity index (χ3v) is 3.07. The Kier molecular flexibility index (Phi) is 7.42. The van der Waals surface area contributed by atoms with Gasteiger partial charge in [0.05, 0.1) is 18.9 Å². The minimum absolute atomic E-state index is 0.00113. The number of rotatable bonds is 10. The molecule has 21 heavy (non-hydrogen) atoms. The predicted octanol–water partition coefficient (Wildman–Crippen LogP) is 1.91. The summed E-state index contributed by atoms with van der Waals surface area (Å²) in [6, 6.07) is 9.65. The molecule has 0 aliphatic carbocycles. The monoisotopic (exact) mass is 295 g/mol. The number of hydrogen-bond donors (Lipinski definition) is 3. The van der Waals surface area contributed by atoms with Gasteiger partial charge < -0.3 is 10.2 Å². The Labute approximate surface area is 123 Å². The number of aliphatic carboxylic acids is 2. The standard InChI is InChI=1S/C15H21NO5/c1-11(7-13(15(19)20)8-14(17)18)9-16-21-10-12-5-3-2-4-6-12/h2-6,11,13,16H,7-10H2,1H3,(H,17,18)(H,19,20)/t11?,13-/m1/s1. The van der Waals surface area contributed by atoms with Crippen LogP contribution in [0, 0.1) is 11.8 Å². The van der Waals surface area contributed by atoms with Crippen LogP contribution in [0.15, 0.2) is 30.3 Å². The van der Waals surface area contributed by atoms with Crippen molar-refractivity contribution in [3.8, 4) is 0 Å². The highest BCUT2D eigenvalue weighted by molar-refractivity contribution is 5.77. The maximum absolute atomic E-state index is 11.0. The maximum Gasteiger partial charge on any atom is 0.307 e. The summed E-state index contributed by atoms with van der Waals surface area (Å²) in [4.78, 5) is 26.9. The number of nitrogens with one attached hydrogen (secondary N) is 1. The Bertz CT molecular complexity index is 449. The smallest absolute Gasteiger partial charge is 0.307 e. The van der Waals surface area contributed by atoms with E-state index in [1.54, 1.807) is 0 Å². The van der Waals surface area contributed by atoms with Crippen LogP contribution >= 0.6 is 0 Å². The van der Waals surface area contributed by atoms with Crippen LogP contribution < -0.4 is 5.48 Å². The van der Waals surface area contributed by atoms with Crippen molar-refractivity contribution in [1.29, 1.82) is 0 Å². The molecule has 1 aromatic carbocycles. The van der Waals surface area contributed by atoms with Gasteiger partial charge in [-0.2, -0.15) is 0 Å². The fourth-order valence-corrected chi connectivity index (χ4v) is 1.96. The van der Waals surface area contributed by atoms with Gasteiger partial charge in [0.25, 0.3) is 0 Å². The van der Waals surface area contributed by atoms with Gasteiger partial charge >= 0.3 is 11.9 Å². The lowest BCUT2D eigenvalue weighted by atomic mass is 9.93. The van der Waals surface area contributed by atoms with E-state index in [0.717, 1.165) is 5.56 Å². The molecule has 0 fully saturated rings. The van der Waals surface area contributed by atoms with Gasteiger partial charge in [0.2, 0.25) is 0 Å². The third kappa shape index (κ3) is 7.43. The van der Waals surface area contributed by atoms with Crippen molar-refractivity contribution in [1.82, 2.24) is 5.48 Å². The first-order valence-electron chi connectivity index (χ1n) is 6.82. The molecule has 0 bridgehead atoms. The Morgan fingerprint density at radius 2 is 1.90 bits per heavy atom. The lowest BCUT2D eigenvalue weighted by Crippen LogP contribution is -2.26. The predicted molar refractivity (Wildman–Crippen MR) is 76.4 cm³/mol. The Morgan fingerprint density at radius 3 is 2.48 bits per heavy atom. The Hall–Kier alpha value is -1.92. The van der Waals surface area contributed by atoms with Gasteiger partial charge in [-0.3, -0.25) is 14.4 Å². The molecule has 1 unspecified atom stereocenters. The van der Waals surface area contributed by atoms with E-state index in [9.17, 15) is 9.59 Å². The number of carboxylic acid groups (broad SMARTS) is 2. The first-order chi connectivity index (χ1) is 9.99. The van der Waals surface area contributed by atoms with Gasteiger partial charge in [-0.05, 0) is 17.9 Å². The summed E-state index contributed by atoms with van der Waals surface area (Å²) < 4.78 is 0. The first-order valence-corrected chi connectivity index (χ1v) is 6.82. The van der Waals surface area contributed by atoms with Crippen molar-refractivity contribution >= 4 is 11.9 Å². The SMILES string of the molecule is CC(CNOCc1ccccc1)C[C@H](CC(=O)O)C(=O)O. The highest BCUT2D eigenvalue weighted by Crippen LogP contribution is 2.16. The molecular formula is C15H21NO5. The second kappa shape index (κ2) is 9.10. The molecule has 0 spiro atoms. The van der Waals surface area contributed by atoms with E-state index >= 15 is 0 Å². The van der Waals surface area contributed by atoms with E-state index in [-0.39, 0.29) is 12.3 Å². The zero-order valence-electron chi connectivity index (χ0n) is 12.0. The molecule has 1 rings (SSSR count). The molecular weight excluding hydrogens is 274 g/mol. The number of hydroxylamine groups is 1. The number of hydrogen-bond acceptors (Lipinski definition) is 4. The van der Waals surface area contributed by atoms with Crippen LogP contribution in [-0.4, -0.2) is 28.7 Å². The Balaban J connectivity index is 2.24. The van der Waals surface area contributed by atoms with Crippen LogP contribution in [0.3, 0.4) is 0 Å². The van der Waals surface area contributed by atoms with Gasteiger partial charge in [-0.15, -0.1) is 0 Å². The van der Waals surface area contributed by atoms with Crippen LogP contribution in [-0.2, 0) is 21.0 Å². The molecule has 0 saturated carbocycles. The molecule has 0 radical (unpaired) electrons. The molecule has 0 aromatic heterocycles. The quantitative estimate of drug-likeness (QED) is 0.451. The highest BCUT2D eigenvalue weighted by atomic mass is 16.6. The van der Waals surface area contributed by atoms with Gasteiger partial charge in [-0.25, -0.2) is 5.48 Å². The number of carbonyl (C=O) groups is 2. The molecule has 0 amide bonds. The van der Waals surface area contributed by atoms with Crippen molar-refractivity contribution in [3.05, 3.63) is 35.9 Å². The average molecular weight is 295 g/mol. The molecule has 0 saturated heterocycles. The summed E-state index contributed by atoms with van der Waals surface area (Å²) in [6.07, 6.45) is -0.0616. The molecule has 1 aromatic rings. The van der Waals surface area contributed by atoms with E-state index in [0.29, 0.717) is 19.6 Å². The Morgan fingerprint density at radius 1 is 1.24 bits per heavy atom. The van der Waals surface area contributed by atoms with Crippen LogP contribution in [0.2, 0.25) is 0 Å². The molecule has 2 atom stereocenters. The van der Waals surface area contributed by atoms with Crippen LogP contribution in [0.4, 0.5) is 0 Å². The molecule has 6 heteroatoms. The zero-order chi connectivity index (χ0) is 15.7. The van der Waals surface area contributed by atoms with Gasteiger partial charge in [0.15, 0.2) is 0 Å². The van der Waals surface area contributed by atoms with Gasteiger partial charge in [0, 0.05) is 6.54 Å². The first kappa shape index (κ1) is 17.1. The highest BCUT2D eigenvalue weighted by Gasteiger charge is 2.23. The normalized spacial score (nSPS) is 13.6. The van der Waals surface area contributed by atoms with E-state index in [4.69, 9.17) is 15.1 Å². The molecule has 116 valence electrons. The summed E-state index contributed by atoms with van der Waals surface area (Å²) in [7, 11) is 0. The fraction of sp³-hybridized carbons (Fsp3) is 0.467. The van der Waals surface area contributed by atoms with E-state index in [2.05, 4.69) is 5.48 Å². The van der Waals surface area contributed by atoms with E-state index < -0.39 is 17.9 Å². The molecule has 0 aliphatic heterocycles. The summed E-state index contributed by atoms with van der Waals surface area (Å²) >= 11 is 0. The zero-order valence-corrected chi connectivity index (χ0v) is 12.0. The van der Waals surface area contributed by atoms with Gasteiger partial charge in [-0.1, -0.05) is 37.3 Å². The molecule has 0 aliphatic rings. The minimum atomic E-state index is -1.09. The maximum atomic E-state index is 11.0. The fourth-order valence-electron chi connectivity index (χ4n) is 1.96. The van der Waals surface area contributed by atoms with Crippen LogP contribution in [0.25, 0.3) is 0 Å². The van der Waals surface area contributed by atoms with Crippen LogP contribution in [0.1, 0.15) is 25.3 Å². The lowest BCUT2D eigenvalue weighted by Gasteiger charge is -2.16. The largest absolute Gasteiger partial charge is 0.481 e. The second-order valence-electron chi connectivity index (χ2n) is 5.10. The summed E-state index contributed by atoms with van der Waals surface area (Å²) in [5.41, 5.74) is 3.83. The van der Waals surface area contributed by atoms with E-state index in [1.807, 2.05) is 37.3 Å². The topological polar surface area (TPSA) is 95.9 Å². The molecule has 6 nitrogen and oxygen atoms in total. The second-order valence-corrected chi connectivity index (χ2v) is 5.10. The van der Waals surface area contributed by atoms with E-state index in [1.165, 1.54) is 0 Å². The summed E-state index contributed by atoms with van der Waals surface area (Å²) in [5, 5.41) is 17.7. The minimum Gasteiger partial charge on any atom is -0.481 e. The van der Waals surface area contributed by atoms with Crippen molar-refractivity contribution in [2.24, 2.45) is 11.8 Å². The number of carboxylic acids is 2. The van der Waals surface area contributed by atoms with Crippen molar-refractivity contribution in [2.75, 3.05) is 6.54 Å².